The number of benzene rings is 3. The molecular weight excluding hydrogens is 495 g/mol. The number of phenolic OH excluding ortho intramolecular Hbond substituents is 1. The molecule has 0 aliphatic heterocycles. The first-order chi connectivity index (χ1) is 16.4. The Morgan fingerprint density at radius 3 is 2.56 bits per heavy atom. The third-order valence-corrected chi connectivity index (χ3v) is 5.99. The SMILES string of the molecule is COc1cc(/C=N\NC(=O)c2ccc(-c3csc(Nc4ccc(Cl)cc4)n3)cc2)cc(Cl)c1O. The number of nitrogens with one attached hydrogen (secondary N) is 2. The van der Waals surface area contributed by atoms with Crippen LogP contribution in [0.5, 0.6) is 11.5 Å². The van der Waals surface area contributed by atoms with E-state index < -0.39 is 0 Å². The number of ether oxygens (including phenoxy) is 1. The van der Waals surface area contributed by atoms with Crippen LogP contribution < -0.4 is 15.5 Å². The molecule has 1 aromatic heterocycles. The number of phenols is 1. The maximum absolute atomic E-state index is 12.4. The Hall–Kier alpha value is -3.59. The fraction of sp³-hybridized carbons (Fsp3) is 0.0417. The van der Waals surface area contributed by atoms with Crippen molar-refractivity contribution in [3.05, 3.63) is 87.2 Å². The lowest BCUT2D eigenvalue weighted by atomic mass is 10.1. The van der Waals surface area contributed by atoms with Gasteiger partial charge in [-0.2, -0.15) is 5.10 Å². The Balaban J connectivity index is 1.38. The highest BCUT2D eigenvalue weighted by Gasteiger charge is 2.10. The summed E-state index contributed by atoms with van der Waals surface area (Å²) in [6.45, 7) is 0. The van der Waals surface area contributed by atoms with Gasteiger partial charge in [0, 0.05) is 27.2 Å². The topological polar surface area (TPSA) is 95.8 Å². The van der Waals surface area contributed by atoms with Gasteiger partial charge in [0.25, 0.3) is 5.91 Å². The molecule has 0 spiro atoms. The quantitative estimate of drug-likeness (QED) is 0.198. The highest BCUT2D eigenvalue weighted by molar-refractivity contribution is 7.14. The molecule has 34 heavy (non-hydrogen) atoms. The maximum atomic E-state index is 12.4. The standard InChI is InChI=1S/C24H18Cl2N4O3S/c1-33-21-11-14(10-19(26)22(21)31)12-27-30-23(32)16-4-2-15(3-5-16)20-13-34-24(29-20)28-18-8-6-17(25)7-9-18/h2-13,31H,1H3,(H,28,29)(H,30,32)/b27-12-. The minimum absolute atomic E-state index is 0.122. The van der Waals surface area contributed by atoms with Crippen LogP contribution in [-0.4, -0.2) is 29.3 Å². The molecule has 3 aromatic carbocycles. The van der Waals surface area contributed by atoms with E-state index >= 15 is 0 Å². The summed E-state index contributed by atoms with van der Waals surface area (Å²) >= 11 is 13.4. The van der Waals surface area contributed by atoms with E-state index in [1.54, 1.807) is 18.2 Å². The highest BCUT2D eigenvalue weighted by atomic mass is 35.5. The molecular formula is C24H18Cl2N4O3S. The van der Waals surface area contributed by atoms with E-state index in [2.05, 4.69) is 20.8 Å². The second kappa shape index (κ2) is 10.6. The normalized spacial score (nSPS) is 10.9. The van der Waals surface area contributed by atoms with Gasteiger partial charge in [-0.05, 0) is 54.1 Å². The molecule has 0 fully saturated rings. The Bertz CT molecular complexity index is 1340. The van der Waals surface area contributed by atoms with Crippen LogP contribution in [-0.2, 0) is 0 Å². The number of hydrogen-bond acceptors (Lipinski definition) is 7. The summed E-state index contributed by atoms with van der Waals surface area (Å²) in [7, 11) is 1.42. The molecule has 0 bridgehead atoms. The third-order valence-electron chi connectivity index (χ3n) is 4.69. The predicted octanol–water partition coefficient (Wildman–Crippen LogP) is 6.34. The van der Waals surface area contributed by atoms with Gasteiger partial charge in [0.15, 0.2) is 16.6 Å². The van der Waals surface area contributed by atoms with Crippen LogP contribution in [0.2, 0.25) is 10.0 Å². The van der Waals surface area contributed by atoms with Crippen molar-refractivity contribution in [1.82, 2.24) is 10.4 Å². The monoisotopic (exact) mass is 512 g/mol. The van der Waals surface area contributed by atoms with Crippen molar-refractivity contribution in [2.24, 2.45) is 5.10 Å². The van der Waals surface area contributed by atoms with Gasteiger partial charge in [0.2, 0.25) is 0 Å². The van der Waals surface area contributed by atoms with Crippen LogP contribution in [0.4, 0.5) is 10.8 Å². The summed E-state index contributed by atoms with van der Waals surface area (Å²) in [6, 6.07) is 17.5. The van der Waals surface area contributed by atoms with Crippen molar-refractivity contribution in [1.29, 1.82) is 0 Å². The zero-order valence-corrected chi connectivity index (χ0v) is 20.1. The number of rotatable bonds is 7. The minimum Gasteiger partial charge on any atom is -0.503 e. The maximum Gasteiger partial charge on any atom is 0.271 e. The first-order valence-electron chi connectivity index (χ1n) is 9.91. The number of amides is 1. The van der Waals surface area contributed by atoms with Crippen LogP contribution in [0.3, 0.4) is 0 Å². The minimum atomic E-state index is -0.372. The largest absolute Gasteiger partial charge is 0.503 e. The number of nitrogens with zero attached hydrogens (tertiary/aromatic N) is 2. The molecule has 0 unspecified atom stereocenters. The molecule has 1 heterocycles. The Labute approximate surface area is 209 Å². The number of thiazole rings is 1. The smallest absolute Gasteiger partial charge is 0.271 e. The van der Waals surface area contributed by atoms with E-state index in [0.29, 0.717) is 16.1 Å². The summed E-state index contributed by atoms with van der Waals surface area (Å²) in [5.41, 5.74) is 6.03. The van der Waals surface area contributed by atoms with E-state index in [1.165, 1.54) is 30.7 Å². The van der Waals surface area contributed by atoms with Crippen molar-refractivity contribution >= 4 is 57.5 Å². The fourth-order valence-electron chi connectivity index (χ4n) is 2.97. The van der Waals surface area contributed by atoms with E-state index in [4.69, 9.17) is 27.9 Å². The zero-order chi connectivity index (χ0) is 24.1. The molecule has 0 saturated carbocycles. The second-order valence-electron chi connectivity index (χ2n) is 7.00. The Morgan fingerprint density at radius 2 is 1.85 bits per heavy atom. The number of hydrazone groups is 1. The lowest BCUT2D eigenvalue weighted by Gasteiger charge is -2.06. The van der Waals surface area contributed by atoms with Gasteiger partial charge in [-0.1, -0.05) is 35.3 Å². The van der Waals surface area contributed by atoms with E-state index in [0.717, 1.165) is 22.1 Å². The molecule has 0 radical (unpaired) electrons. The molecule has 0 aliphatic carbocycles. The number of anilines is 2. The fourth-order valence-corrected chi connectivity index (χ4v) is 4.05. The first kappa shape index (κ1) is 23.6. The molecule has 0 atom stereocenters. The molecule has 4 rings (SSSR count). The summed E-state index contributed by atoms with van der Waals surface area (Å²) in [5.74, 6) is -0.314. The van der Waals surface area contributed by atoms with Crippen LogP contribution >= 0.6 is 34.5 Å². The van der Waals surface area contributed by atoms with E-state index in [1.807, 2.05) is 41.8 Å². The number of aromatic nitrogens is 1. The van der Waals surface area contributed by atoms with Gasteiger partial charge >= 0.3 is 0 Å². The van der Waals surface area contributed by atoms with Crippen LogP contribution in [0.1, 0.15) is 15.9 Å². The predicted molar refractivity (Wildman–Crippen MR) is 137 cm³/mol. The number of carbonyl (C=O) groups excluding carboxylic acids is 1. The summed E-state index contributed by atoms with van der Waals surface area (Å²) in [6.07, 6.45) is 1.41. The van der Waals surface area contributed by atoms with E-state index in [9.17, 15) is 9.90 Å². The molecule has 172 valence electrons. The summed E-state index contributed by atoms with van der Waals surface area (Å²) in [5, 5.41) is 20.5. The van der Waals surface area contributed by atoms with Gasteiger partial charge in [-0.15, -0.1) is 11.3 Å². The second-order valence-corrected chi connectivity index (χ2v) is 8.70. The molecule has 7 nitrogen and oxygen atoms in total. The molecule has 10 heteroatoms. The van der Waals surface area contributed by atoms with E-state index in [-0.39, 0.29) is 22.4 Å². The highest BCUT2D eigenvalue weighted by Crippen LogP contribution is 2.34. The van der Waals surface area contributed by atoms with Gasteiger partial charge in [-0.25, -0.2) is 10.4 Å². The number of carbonyl (C=O) groups is 1. The van der Waals surface area contributed by atoms with Crippen LogP contribution in [0.25, 0.3) is 11.3 Å². The van der Waals surface area contributed by atoms with Crippen molar-refractivity contribution < 1.29 is 14.6 Å². The third kappa shape index (κ3) is 5.66. The number of aromatic hydroxyl groups is 1. The number of halogens is 2. The van der Waals surface area contributed by atoms with Crippen LogP contribution in [0, 0.1) is 0 Å². The molecule has 1 amide bonds. The lowest BCUT2D eigenvalue weighted by Crippen LogP contribution is -2.17. The van der Waals surface area contributed by atoms with Gasteiger partial charge < -0.3 is 15.2 Å². The molecule has 0 aliphatic rings. The van der Waals surface area contributed by atoms with Crippen molar-refractivity contribution in [2.45, 2.75) is 0 Å². The number of methoxy groups -OCH3 is 1. The molecule has 3 N–H and O–H groups in total. The van der Waals surface area contributed by atoms with Crippen molar-refractivity contribution in [3.8, 4) is 22.8 Å². The molecule has 4 aromatic rings. The van der Waals surface area contributed by atoms with Gasteiger partial charge in [0.1, 0.15) is 0 Å². The number of hydrogen-bond donors (Lipinski definition) is 3. The average molecular weight is 513 g/mol. The Kier molecular flexibility index (Phi) is 7.32. The zero-order valence-electron chi connectivity index (χ0n) is 17.8. The van der Waals surface area contributed by atoms with Crippen molar-refractivity contribution in [3.63, 3.8) is 0 Å². The van der Waals surface area contributed by atoms with Gasteiger partial charge in [-0.3, -0.25) is 4.79 Å². The Morgan fingerprint density at radius 1 is 1.12 bits per heavy atom. The average Bonchev–Trinajstić information content (AvgIpc) is 3.31. The van der Waals surface area contributed by atoms with Crippen LogP contribution in [0.15, 0.2) is 71.1 Å². The van der Waals surface area contributed by atoms with Crippen molar-refractivity contribution in [2.75, 3.05) is 12.4 Å². The lowest BCUT2D eigenvalue weighted by molar-refractivity contribution is 0.0955. The summed E-state index contributed by atoms with van der Waals surface area (Å²) < 4.78 is 5.05. The first-order valence-corrected chi connectivity index (χ1v) is 11.5. The summed E-state index contributed by atoms with van der Waals surface area (Å²) in [4.78, 5) is 17.0. The molecule has 0 saturated heterocycles. The van der Waals surface area contributed by atoms with Gasteiger partial charge in [0.05, 0.1) is 24.0 Å².